The summed E-state index contributed by atoms with van der Waals surface area (Å²) in [4.78, 5) is 26.2. The molecular weight excluding hydrogens is 146 g/mol. The number of carbonyl (C=O) groups excluding carboxylic acids is 1. The third kappa shape index (κ3) is 1.91. The lowest BCUT2D eigenvalue weighted by Gasteiger charge is -1.92. The van der Waals surface area contributed by atoms with Crippen LogP contribution < -0.4 is 5.69 Å². The quantitative estimate of drug-likeness (QED) is 0.470. The number of aliphatic imine (C=N–C) groups is 1. The van der Waals surface area contributed by atoms with Crippen LogP contribution in [0.3, 0.4) is 0 Å². The van der Waals surface area contributed by atoms with Crippen LogP contribution in [0.1, 0.15) is 0 Å². The van der Waals surface area contributed by atoms with E-state index >= 15 is 0 Å². The number of imidazole rings is 1. The Bertz CT molecular complexity index is 319. The lowest BCUT2D eigenvalue weighted by molar-refractivity contribution is 0.560. The van der Waals surface area contributed by atoms with Gasteiger partial charge in [-0.15, -0.1) is 0 Å². The van der Waals surface area contributed by atoms with Gasteiger partial charge in [-0.25, -0.2) is 14.6 Å². The lowest BCUT2D eigenvalue weighted by Crippen LogP contribution is -2.17. The summed E-state index contributed by atoms with van der Waals surface area (Å²) in [6.45, 7) is 0.707. The molecule has 1 rings (SSSR count). The van der Waals surface area contributed by atoms with Crippen molar-refractivity contribution in [3.05, 3.63) is 22.9 Å². The molecule has 0 unspecified atom stereocenters. The second kappa shape index (κ2) is 3.53. The highest BCUT2D eigenvalue weighted by atomic mass is 16.1. The molecule has 0 aliphatic rings. The van der Waals surface area contributed by atoms with Crippen molar-refractivity contribution in [2.45, 2.75) is 6.54 Å². The Kier molecular flexibility index (Phi) is 2.41. The van der Waals surface area contributed by atoms with Gasteiger partial charge >= 0.3 is 5.69 Å². The van der Waals surface area contributed by atoms with Gasteiger partial charge in [-0.2, -0.15) is 0 Å². The number of H-pyrrole nitrogens is 1. The molecule has 5 nitrogen and oxygen atoms in total. The molecule has 0 atom stereocenters. The Hall–Kier alpha value is -1.61. The molecule has 0 aliphatic carbocycles. The van der Waals surface area contributed by atoms with Gasteiger partial charge in [0.05, 0.1) is 6.54 Å². The van der Waals surface area contributed by atoms with Gasteiger partial charge in [0, 0.05) is 18.9 Å². The molecule has 1 heterocycles. The lowest BCUT2D eigenvalue weighted by atomic mass is 10.6. The van der Waals surface area contributed by atoms with Crippen LogP contribution in [0.4, 0.5) is 0 Å². The van der Waals surface area contributed by atoms with E-state index in [1.54, 1.807) is 6.20 Å². The molecule has 0 spiro atoms. The molecule has 0 bridgehead atoms. The molecule has 0 aromatic carbocycles. The first-order chi connectivity index (χ1) is 5.34. The minimum absolute atomic E-state index is 0.189. The predicted octanol–water partition coefficient (Wildman–Crippen LogP) is -0.488. The first-order valence-corrected chi connectivity index (χ1v) is 3.12. The molecule has 0 saturated heterocycles. The molecule has 0 aliphatic heterocycles. The van der Waals surface area contributed by atoms with Crippen molar-refractivity contribution in [3.63, 3.8) is 0 Å². The van der Waals surface area contributed by atoms with Crippen molar-refractivity contribution in [2.24, 2.45) is 4.99 Å². The summed E-state index contributed by atoms with van der Waals surface area (Å²) in [5, 5.41) is 0. The van der Waals surface area contributed by atoms with Gasteiger partial charge in [0.2, 0.25) is 6.08 Å². The molecule has 1 N–H and O–H groups in total. The van der Waals surface area contributed by atoms with Crippen LogP contribution in [0.15, 0.2) is 22.2 Å². The van der Waals surface area contributed by atoms with E-state index in [1.165, 1.54) is 16.8 Å². The Balaban J connectivity index is 2.57. The van der Waals surface area contributed by atoms with Crippen molar-refractivity contribution < 1.29 is 4.79 Å². The van der Waals surface area contributed by atoms with Crippen LogP contribution in [-0.4, -0.2) is 22.2 Å². The minimum atomic E-state index is -0.189. The summed E-state index contributed by atoms with van der Waals surface area (Å²) in [7, 11) is 0. The van der Waals surface area contributed by atoms with Crippen LogP contribution in [0, 0.1) is 0 Å². The van der Waals surface area contributed by atoms with Crippen molar-refractivity contribution >= 4 is 6.08 Å². The Morgan fingerprint density at radius 2 is 2.55 bits per heavy atom. The van der Waals surface area contributed by atoms with Crippen LogP contribution >= 0.6 is 0 Å². The van der Waals surface area contributed by atoms with Crippen LogP contribution in [0.25, 0.3) is 0 Å². The highest BCUT2D eigenvalue weighted by Crippen LogP contribution is 1.78. The zero-order valence-electron chi connectivity index (χ0n) is 5.78. The zero-order chi connectivity index (χ0) is 8.10. The van der Waals surface area contributed by atoms with E-state index in [4.69, 9.17) is 0 Å². The molecule has 0 amide bonds. The average Bonchev–Trinajstić information content (AvgIpc) is 2.37. The summed E-state index contributed by atoms with van der Waals surface area (Å²) in [6.07, 6.45) is 4.53. The highest BCUT2D eigenvalue weighted by molar-refractivity contribution is 5.32. The molecule has 1 aromatic heterocycles. The molecule has 58 valence electrons. The largest absolute Gasteiger partial charge is 0.325 e. The summed E-state index contributed by atoms with van der Waals surface area (Å²) >= 11 is 0. The summed E-state index contributed by atoms with van der Waals surface area (Å²) in [6, 6.07) is 0. The number of aromatic amines is 1. The Labute approximate surface area is 62.4 Å². The monoisotopic (exact) mass is 153 g/mol. The number of rotatable bonds is 3. The van der Waals surface area contributed by atoms with E-state index in [0.717, 1.165) is 0 Å². The molecule has 5 heteroatoms. The Morgan fingerprint density at radius 1 is 1.73 bits per heavy atom. The number of aromatic nitrogens is 2. The van der Waals surface area contributed by atoms with Crippen molar-refractivity contribution in [1.29, 1.82) is 0 Å². The normalized spacial score (nSPS) is 9.09. The van der Waals surface area contributed by atoms with Gasteiger partial charge in [0.25, 0.3) is 0 Å². The van der Waals surface area contributed by atoms with Gasteiger partial charge in [-0.1, -0.05) is 0 Å². The van der Waals surface area contributed by atoms with Gasteiger partial charge in [-0.3, -0.25) is 4.57 Å². The minimum Gasteiger partial charge on any atom is -0.313 e. The molecule has 0 radical (unpaired) electrons. The standard InChI is InChI=1S/C6H7N3O2/c10-5-7-1-3-9-4-2-8-6(9)11/h2,4H,1,3H2,(H,8,11). The topological polar surface area (TPSA) is 67.2 Å². The van der Waals surface area contributed by atoms with Gasteiger partial charge in [0.1, 0.15) is 0 Å². The van der Waals surface area contributed by atoms with Gasteiger partial charge < -0.3 is 4.98 Å². The van der Waals surface area contributed by atoms with Crippen molar-refractivity contribution in [1.82, 2.24) is 9.55 Å². The SMILES string of the molecule is O=C=NCCn1cc[nH]c1=O. The maximum atomic E-state index is 10.8. The fraction of sp³-hybridized carbons (Fsp3) is 0.333. The second-order valence-electron chi connectivity index (χ2n) is 1.93. The smallest absolute Gasteiger partial charge is 0.313 e. The summed E-state index contributed by atoms with van der Waals surface area (Å²) < 4.78 is 1.43. The maximum Gasteiger partial charge on any atom is 0.325 e. The number of nitrogens with one attached hydrogen (secondary N) is 1. The number of nitrogens with zero attached hydrogens (tertiary/aromatic N) is 2. The molecule has 0 fully saturated rings. The van der Waals surface area contributed by atoms with E-state index in [9.17, 15) is 9.59 Å². The van der Waals surface area contributed by atoms with Crippen molar-refractivity contribution in [3.8, 4) is 0 Å². The van der Waals surface area contributed by atoms with Crippen LogP contribution in [0.2, 0.25) is 0 Å². The van der Waals surface area contributed by atoms with Gasteiger partial charge in [0.15, 0.2) is 0 Å². The highest BCUT2D eigenvalue weighted by Gasteiger charge is 1.92. The van der Waals surface area contributed by atoms with Crippen LogP contribution in [-0.2, 0) is 11.3 Å². The molecule has 1 aromatic rings. The third-order valence-electron chi connectivity index (χ3n) is 1.24. The fourth-order valence-electron chi connectivity index (χ4n) is 0.729. The second-order valence-corrected chi connectivity index (χ2v) is 1.93. The number of hydrogen-bond acceptors (Lipinski definition) is 3. The predicted molar refractivity (Wildman–Crippen MR) is 38.0 cm³/mol. The van der Waals surface area contributed by atoms with Crippen molar-refractivity contribution in [2.75, 3.05) is 6.54 Å². The average molecular weight is 153 g/mol. The van der Waals surface area contributed by atoms with E-state index in [2.05, 4.69) is 9.98 Å². The molecule has 0 saturated carbocycles. The van der Waals surface area contributed by atoms with E-state index in [1.807, 2.05) is 0 Å². The van der Waals surface area contributed by atoms with Gasteiger partial charge in [-0.05, 0) is 0 Å². The van der Waals surface area contributed by atoms with E-state index in [-0.39, 0.29) is 5.69 Å². The fourth-order valence-corrected chi connectivity index (χ4v) is 0.729. The first-order valence-electron chi connectivity index (χ1n) is 3.12. The number of hydrogen-bond donors (Lipinski definition) is 1. The summed E-state index contributed by atoms with van der Waals surface area (Å²) in [5.74, 6) is 0. The van der Waals surface area contributed by atoms with E-state index in [0.29, 0.717) is 13.1 Å². The number of isocyanates is 1. The Morgan fingerprint density at radius 3 is 3.09 bits per heavy atom. The van der Waals surface area contributed by atoms with E-state index < -0.39 is 0 Å². The zero-order valence-corrected chi connectivity index (χ0v) is 5.78. The molecular formula is C6H7N3O2. The summed E-state index contributed by atoms with van der Waals surface area (Å²) in [5.41, 5.74) is -0.189. The molecule has 11 heavy (non-hydrogen) atoms. The maximum absolute atomic E-state index is 10.8. The van der Waals surface area contributed by atoms with Crippen LogP contribution in [0.5, 0.6) is 0 Å². The third-order valence-corrected chi connectivity index (χ3v) is 1.24. The first kappa shape index (κ1) is 7.50.